The highest BCUT2D eigenvalue weighted by Crippen LogP contribution is 2.13. The van der Waals surface area contributed by atoms with Crippen LogP contribution in [0.4, 0.5) is 0 Å². The molecule has 0 saturated carbocycles. The fourth-order valence-electron chi connectivity index (χ4n) is 1.98. The zero-order valence-electron chi connectivity index (χ0n) is 14.5. The predicted molar refractivity (Wildman–Crippen MR) is 94.5 cm³/mol. The Labute approximate surface area is 147 Å². The summed E-state index contributed by atoms with van der Waals surface area (Å²) in [5.41, 5.74) is 6.18. The van der Waals surface area contributed by atoms with Gasteiger partial charge in [-0.1, -0.05) is 17.7 Å². The minimum atomic E-state index is -0.450. The van der Waals surface area contributed by atoms with Gasteiger partial charge in [0, 0.05) is 5.56 Å². The zero-order valence-corrected chi connectivity index (χ0v) is 14.5. The molecule has 0 aliphatic heterocycles. The third-order valence-electron chi connectivity index (χ3n) is 3.19. The van der Waals surface area contributed by atoms with E-state index in [4.69, 9.17) is 9.47 Å². The van der Waals surface area contributed by atoms with Crippen molar-refractivity contribution < 1.29 is 19.1 Å². The summed E-state index contributed by atoms with van der Waals surface area (Å²) in [4.78, 5) is 23.7. The topological polar surface area (TPSA) is 76.7 Å². The number of hydrogen-bond donors (Lipinski definition) is 2. The van der Waals surface area contributed by atoms with E-state index in [1.165, 1.54) is 0 Å². The minimum absolute atomic E-state index is 0.0625. The van der Waals surface area contributed by atoms with Crippen molar-refractivity contribution in [3.05, 3.63) is 59.7 Å². The van der Waals surface area contributed by atoms with Gasteiger partial charge >= 0.3 is 0 Å². The van der Waals surface area contributed by atoms with Crippen LogP contribution in [-0.4, -0.2) is 24.5 Å². The smallest absolute Gasteiger partial charge is 0.276 e. The number of nitrogens with one attached hydrogen (secondary N) is 2. The Morgan fingerprint density at radius 3 is 2.12 bits per heavy atom. The number of carbonyl (C=O) groups is 2. The summed E-state index contributed by atoms with van der Waals surface area (Å²) < 4.78 is 10.8. The molecule has 0 aliphatic rings. The highest BCUT2D eigenvalue weighted by atomic mass is 16.5. The van der Waals surface area contributed by atoms with E-state index in [0.717, 1.165) is 5.56 Å². The number of rotatable bonds is 6. The molecule has 0 fully saturated rings. The zero-order chi connectivity index (χ0) is 18.2. The van der Waals surface area contributed by atoms with E-state index in [1.807, 2.05) is 32.9 Å². The van der Waals surface area contributed by atoms with Gasteiger partial charge in [0.1, 0.15) is 11.5 Å². The standard InChI is InChI=1S/C19H22N2O4/c1-13(2)25-17-10-6-15(7-11-17)19(23)21-20-18(22)12-24-16-8-4-14(3)5-9-16/h4-11,13H,12H2,1-3H3,(H,20,22)(H,21,23). The van der Waals surface area contributed by atoms with E-state index in [9.17, 15) is 9.59 Å². The molecular weight excluding hydrogens is 320 g/mol. The molecule has 132 valence electrons. The van der Waals surface area contributed by atoms with Crippen molar-refractivity contribution in [2.24, 2.45) is 0 Å². The number of ether oxygens (including phenoxy) is 2. The van der Waals surface area contributed by atoms with Gasteiger partial charge in [-0.3, -0.25) is 20.4 Å². The van der Waals surface area contributed by atoms with Gasteiger partial charge in [-0.2, -0.15) is 0 Å². The molecule has 25 heavy (non-hydrogen) atoms. The predicted octanol–water partition coefficient (Wildman–Crippen LogP) is 2.62. The molecule has 0 atom stereocenters. The molecule has 0 aromatic heterocycles. The van der Waals surface area contributed by atoms with Crippen molar-refractivity contribution in [3.8, 4) is 11.5 Å². The Morgan fingerprint density at radius 2 is 1.52 bits per heavy atom. The third kappa shape index (κ3) is 6.18. The van der Waals surface area contributed by atoms with Crippen LogP contribution in [0.5, 0.6) is 11.5 Å². The van der Waals surface area contributed by atoms with Crippen molar-refractivity contribution in [3.63, 3.8) is 0 Å². The average molecular weight is 342 g/mol. The van der Waals surface area contributed by atoms with E-state index in [1.54, 1.807) is 36.4 Å². The van der Waals surface area contributed by atoms with Crippen LogP contribution in [0.25, 0.3) is 0 Å². The van der Waals surface area contributed by atoms with Crippen LogP contribution in [0.2, 0.25) is 0 Å². The number of carbonyl (C=O) groups excluding carboxylic acids is 2. The third-order valence-corrected chi connectivity index (χ3v) is 3.19. The maximum atomic E-state index is 12.0. The highest BCUT2D eigenvalue weighted by molar-refractivity contribution is 5.95. The fraction of sp³-hybridized carbons (Fsp3) is 0.263. The maximum absolute atomic E-state index is 12.0. The molecule has 0 unspecified atom stereocenters. The minimum Gasteiger partial charge on any atom is -0.491 e. The summed E-state index contributed by atoms with van der Waals surface area (Å²) in [5.74, 6) is 0.406. The first-order chi connectivity index (χ1) is 11.9. The Morgan fingerprint density at radius 1 is 0.920 bits per heavy atom. The second-order valence-electron chi connectivity index (χ2n) is 5.80. The molecule has 0 bridgehead atoms. The summed E-state index contributed by atoms with van der Waals surface area (Å²) in [7, 11) is 0. The van der Waals surface area contributed by atoms with E-state index in [0.29, 0.717) is 17.1 Å². The average Bonchev–Trinajstić information content (AvgIpc) is 2.59. The van der Waals surface area contributed by atoms with Gasteiger partial charge in [0.05, 0.1) is 6.10 Å². The Kier molecular flexibility index (Phi) is 6.39. The lowest BCUT2D eigenvalue weighted by Gasteiger charge is -2.11. The molecule has 2 N–H and O–H groups in total. The van der Waals surface area contributed by atoms with Gasteiger partial charge in [0.15, 0.2) is 6.61 Å². The van der Waals surface area contributed by atoms with Crippen molar-refractivity contribution >= 4 is 11.8 Å². The largest absolute Gasteiger partial charge is 0.491 e. The number of hydrazine groups is 1. The molecular formula is C19H22N2O4. The molecule has 6 nitrogen and oxygen atoms in total. The van der Waals surface area contributed by atoms with E-state index in [2.05, 4.69) is 10.9 Å². The van der Waals surface area contributed by atoms with Crippen LogP contribution in [0.3, 0.4) is 0 Å². The number of amides is 2. The maximum Gasteiger partial charge on any atom is 0.276 e. The first-order valence-electron chi connectivity index (χ1n) is 7.99. The van der Waals surface area contributed by atoms with Gasteiger partial charge in [-0.25, -0.2) is 0 Å². The van der Waals surface area contributed by atoms with Gasteiger partial charge in [0.2, 0.25) is 0 Å². The first kappa shape index (κ1) is 18.3. The van der Waals surface area contributed by atoms with Crippen LogP contribution < -0.4 is 20.3 Å². The number of hydrogen-bond acceptors (Lipinski definition) is 4. The van der Waals surface area contributed by atoms with Crippen LogP contribution in [0.1, 0.15) is 29.8 Å². The molecule has 6 heteroatoms. The van der Waals surface area contributed by atoms with Crippen LogP contribution in [-0.2, 0) is 4.79 Å². The van der Waals surface area contributed by atoms with Gasteiger partial charge in [0.25, 0.3) is 11.8 Å². The Bertz CT molecular complexity index is 709. The van der Waals surface area contributed by atoms with Crippen LogP contribution in [0, 0.1) is 6.92 Å². The molecule has 0 heterocycles. The van der Waals surface area contributed by atoms with Crippen molar-refractivity contribution in [2.45, 2.75) is 26.9 Å². The summed E-state index contributed by atoms with van der Waals surface area (Å²) in [6.45, 7) is 5.63. The molecule has 0 radical (unpaired) electrons. The monoisotopic (exact) mass is 342 g/mol. The summed E-state index contributed by atoms with van der Waals surface area (Å²) in [6.07, 6.45) is 0.0625. The molecule has 0 aliphatic carbocycles. The van der Waals surface area contributed by atoms with E-state index < -0.39 is 11.8 Å². The van der Waals surface area contributed by atoms with Crippen molar-refractivity contribution in [1.29, 1.82) is 0 Å². The van der Waals surface area contributed by atoms with E-state index >= 15 is 0 Å². The molecule has 2 aromatic rings. The van der Waals surface area contributed by atoms with Crippen molar-refractivity contribution in [1.82, 2.24) is 10.9 Å². The lowest BCUT2D eigenvalue weighted by Crippen LogP contribution is -2.43. The summed E-state index contributed by atoms with van der Waals surface area (Å²) in [6, 6.07) is 14.0. The molecule has 0 spiro atoms. The van der Waals surface area contributed by atoms with E-state index in [-0.39, 0.29) is 12.7 Å². The molecule has 2 amide bonds. The van der Waals surface area contributed by atoms with Gasteiger partial charge < -0.3 is 9.47 Å². The summed E-state index contributed by atoms with van der Waals surface area (Å²) >= 11 is 0. The van der Waals surface area contributed by atoms with Gasteiger partial charge in [-0.15, -0.1) is 0 Å². The van der Waals surface area contributed by atoms with Crippen molar-refractivity contribution in [2.75, 3.05) is 6.61 Å². The normalized spacial score (nSPS) is 10.2. The molecule has 2 rings (SSSR count). The quantitative estimate of drug-likeness (QED) is 0.791. The second-order valence-corrected chi connectivity index (χ2v) is 5.80. The molecule has 2 aromatic carbocycles. The lowest BCUT2D eigenvalue weighted by atomic mass is 10.2. The SMILES string of the molecule is Cc1ccc(OCC(=O)NNC(=O)c2ccc(OC(C)C)cc2)cc1. The molecule has 0 saturated heterocycles. The second kappa shape index (κ2) is 8.73. The Balaban J connectivity index is 1.76. The number of aryl methyl sites for hydroxylation is 1. The Hall–Kier alpha value is -3.02. The van der Waals surface area contributed by atoms with Crippen LogP contribution >= 0.6 is 0 Å². The fourth-order valence-corrected chi connectivity index (χ4v) is 1.98. The number of benzene rings is 2. The highest BCUT2D eigenvalue weighted by Gasteiger charge is 2.08. The lowest BCUT2D eigenvalue weighted by molar-refractivity contribution is -0.123. The van der Waals surface area contributed by atoms with Gasteiger partial charge in [-0.05, 0) is 57.2 Å². The summed E-state index contributed by atoms with van der Waals surface area (Å²) in [5, 5.41) is 0. The first-order valence-corrected chi connectivity index (χ1v) is 7.99. The van der Waals surface area contributed by atoms with Crippen LogP contribution in [0.15, 0.2) is 48.5 Å².